The fourth-order valence-corrected chi connectivity index (χ4v) is 5.71. The van der Waals surface area contributed by atoms with Gasteiger partial charge >= 0.3 is 0 Å². The first-order valence-electron chi connectivity index (χ1n) is 10.3. The number of aliphatic hydroxyl groups excluding tert-OH is 1. The Morgan fingerprint density at radius 3 is 2.52 bits per heavy atom. The molecule has 0 aliphatic carbocycles. The molecular formula is C21H29N3O6S. The number of carbonyl (C=O) groups is 2. The van der Waals surface area contributed by atoms with Crippen molar-refractivity contribution in [1.29, 1.82) is 0 Å². The van der Waals surface area contributed by atoms with Gasteiger partial charge in [0.2, 0.25) is 21.8 Å². The lowest BCUT2D eigenvalue weighted by Crippen LogP contribution is -2.39. The third kappa shape index (κ3) is 5.15. The third-order valence-electron chi connectivity index (χ3n) is 5.84. The molecule has 0 radical (unpaired) electrons. The summed E-state index contributed by atoms with van der Waals surface area (Å²) in [5, 5.41) is 12.4. The second kappa shape index (κ2) is 9.90. The first-order valence-corrected chi connectivity index (χ1v) is 11.7. The van der Waals surface area contributed by atoms with E-state index in [1.165, 1.54) is 16.4 Å². The van der Waals surface area contributed by atoms with Gasteiger partial charge in [-0.2, -0.15) is 4.31 Å². The second-order valence-corrected chi connectivity index (χ2v) is 9.72. The van der Waals surface area contributed by atoms with Gasteiger partial charge in [0.05, 0.1) is 17.5 Å². The number of benzene rings is 1. The van der Waals surface area contributed by atoms with Gasteiger partial charge in [-0.15, -0.1) is 0 Å². The Bertz CT molecular complexity index is 912. The molecule has 2 aliphatic rings. The van der Waals surface area contributed by atoms with Gasteiger partial charge in [0.15, 0.2) is 0 Å². The number of hydrogen-bond donors (Lipinski definition) is 2. The van der Waals surface area contributed by atoms with Crippen LogP contribution in [0.5, 0.6) is 0 Å². The summed E-state index contributed by atoms with van der Waals surface area (Å²) in [6.07, 6.45) is 2.80. The number of hydrogen-bond acceptors (Lipinski definition) is 6. The highest BCUT2D eigenvalue weighted by atomic mass is 32.2. The van der Waals surface area contributed by atoms with E-state index in [4.69, 9.17) is 4.74 Å². The zero-order valence-electron chi connectivity index (χ0n) is 17.6. The third-order valence-corrected chi connectivity index (χ3v) is 7.77. The molecule has 2 unspecified atom stereocenters. The van der Waals surface area contributed by atoms with Crippen molar-refractivity contribution in [3.63, 3.8) is 0 Å². The van der Waals surface area contributed by atoms with Crippen molar-refractivity contribution in [2.24, 2.45) is 5.92 Å². The summed E-state index contributed by atoms with van der Waals surface area (Å²) in [5.74, 6) is -0.498. The van der Waals surface area contributed by atoms with Gasteiger partial charge in [-0.3, -0.25) is 9.59 Å². The van der Waals surface area contributed by atoms with Crippen LogP contribution < -0.4 is 10.2 Å². The minimum Gasteiger partial charge on any atom is -0.395 e. The minimum absolute atomic E-state index is 0.0143. The maximum absolute atomic E-state index is 13.2. The molecule has 31 heavy (non-hydrogen) atoms. The van der Waals surface area contributed by atoms with Crippen LogP contribution in [0.4, 0.5) is 5.69 Å². The van der Waals surface area contributed by atoms with Crippen molar-refractivity contribution in [2.45, 2.75) is 36.2 Å². The Morgan fingerprint density at radius 1 is 1.29 bits per heavy atom. The molecule has 2 amide bonds. The van der Waals surface area contributed by atoms with Gasteiger partial charge in [0.1, 0.15) is 0 Å². The number of anilines is 1. The Kier molecular flexibility index (Phi) is 7.47. The molecule has 2 heterocycles. The molecule has 0 bridgehead atoms. The van der Waals surface area contributed by atoms with E-state index in [1.54, 1.807) is 24.1 Å². The van der Waals surface area contributed by atoms with Crippen molar-refractivity contribution in [3.05, 3.63) is 36.9 Å². The summed E-state index contributed by atoms with van der Waals surface area (Å²) in [7, 11) is -2.21. The zero-order chi connectivity index (χ0) is 22.6. The summed E-state index contributed by atoms with van der Waals surface area (Å²) >= 11 is 0. The van der Waals surface area contributed by atoms with Crippen molar-refractivity contribution in [3.8, 4) is 0 Å². The van der Waals surface area contributed by atoms with Crippen molar-refractivity contribution >= 4 is 27.5 Å². The number of ether oxygens (including phenoxy) is 1. The molecule has 0 aromatic heterocycles. The van der Waals surface area contributed by atoms with Crippen molar-refractivity contribution in [1.82, 2.24) is 9.62 Å². The van der Waals surface area contributed by atoms with Gasteiger partial charge < -0.3 is 20.1 Å². The largest absolute Gasteiger partial charge is 0.395 e. The molecule has 1 aromatic rings. The summed E-state index contributed by atoms with van der Waals surface area (Å²) < 4.78 is 32.8. The van der Waals surface area contributed by atoms with E-state index in [2.05, 4.69) is 11.9 Å². The molecule has 1 aromatic carbocycles. The average molecular weight is 452 g/mol. The number of rotatable bonds is 7. The number of nitrogens with zero attached hydrogens (tertiary/aromatic N) is 2. The molecule has 3 rings (SSSR count). The number of amides is 2. The molecule has 170 valence electrons. The first kappa shape index (κ1) is 23.4. The van der Waals surface area contributed by atoms with Crippen LogP contribution in [0.1, 0.15) is 19.3 Å². The minimum atomic E-state index is -3.88. The standard InChI is InChI=1S/C21H29N3O6S/c1-3-20(26)22-16-12-18(14-25)24(13-16)31(28,29)19-6-4-17(5-7-19)23(2)21(27)15-8-10-30-11-9-15/h3-7,15-16,18,25H,1,8-14H2,2H3,(H,22,26). The fraction of sp³-hybridized carbons (Fsp3) is 0.524. The van der Waals surface area contributed by atoms with Crippen LogP contribution in [0.25, 0.3) is 0 Å². The smallest absolute Gasteiger partial charge is 0.243 e. The molecule has 2 saturated heterocycles. The van der Waals surface area contributed by atoms with E-state index >= 15 is 0 Å². The monoisotopic (exact) mass is 451 g/mol. The van der Waals surface area contributed by atoms with Gasteiger partial charge in [-0.1, -0.05) is 6.58 Å². The van der Waals surface area contributed by atoms with E-state index in [-0.39, 0.29) is 35.8 Å². The van der Waals surface area contributed by atoms with Crippen LogP contribution in [-0.4, -0.2) is 75.1 Å². The number of sulfonamides is 1. The summed E-state index contributed by atoms with van der Waals surface area (Å²) in [6, 6.07) is 5.10. The lowest BCUT2D eigenvalue weighted by Gasteiger charge is -2.27. The highest BCUT2D eigenvalue weighted by Crippen LogP contribution is 2.28. The average Bonchev–Trinajstić information content (AvgIpc) is 3.22. The number of nitrogens with one attached hydrogen (secondary N) is 1. The van der Waals surface area contributed by atoms with E-state index in [1.807, 2.05) is 0 Å². The molecule has 2 atom stereocenters. The highest BCUT2D eigenvalue weighted by Gasteiger charge is 2.40. The topological polar surface area (TPSA) is 116 Å². The quantitative estimate of drug-likeness (QED) is 0.584. The van der Waals surface area contributed by atoms with Crippen LogP contribution in [0, 0.1) is 5.92 Å². The van der Waals surface area contributed by atoms with Crippen LogP contribution >= 0.6 is 0 Å². The lowest BCUT2D eigenvalue weighted by molar-refractivity contribution is -0.124. The highest BCUT2D eigenvalue weighted by molar-refractivity contribution is 7.89. The first-order chi connectivity index (χ1) is 14.8. The maximum atomic E-state index is 13.2. The Morgan fingerprint density at radius 2 is 1.94 bits per heavy atom. The van der Waals surface area contributed by atoms with Gasteiger partial charge in [0.25, 0.3) is 0 Å². The maximum Gasteiger partial charge on any atom is 0.243 e. The van der Waals surface area contributed by atoms with Crippen LogP contribution in [0.2, 0.25) is 0 Å². The molecule has 0 saturated carbocycles. The molecule has 0 spiro atoms. The van der Waals surface area contributed by atoms with Crippen LogP contribution in [0.3, 0.4) is 0 Å². The zero-order valence-corrected chi connectivity index (χ0v) is 18.4. The van der Waals surface area contributed by atoms with Crippen LogP contribution in [0.15, 0.2) is 41.8 Å². The molecule has 2 N–H and O–H groups in total. The Labute approximate surface area is 182 Å². The van der Waals surface area contributed by atoms with E-state index in [9.17, 15) is 23.1 Å². The van der Waals surface area contributed by atoms with E-state index in [0.717, 1.165) is 6.08 Å². The number of aliphatic hydroxyl groups is 1. The second-order valence-electron chi connectivity index (χ2n) is 7.83. The van der Waals surface area contributed by atoms with E-state index in [0.29, 0.717) is 38.2 Å². The normalized spacial score (nSPS) is 22.8. The molecular weight excluding hydrogens is 422 g/mol. The van der Waals surface area contributed by atoms with Gasteiger partial charge in [0, 0.05) is 44.5 Å². The Hall–Kier alpha value is -2.27. The molecule has 10 heteroatoms. The molecule has 9 nitrogen and oxygen atoms in total. The predicted molar refractivity (Wildman–Crippen MR) is 115 cm³/mol. The summed E-state index contributed by atoms with van der Waals surface area (Å²) in [4.78, 5) is 25.9. The van der Waals surface area contributed by atoms with Crippen molar-refractivity contribution < 1.29 is 27.9 Å². The lowest BCUT2D eigenvalue weighted by atomic mass is 9.98. The van der Waals surface area contributed by atoms with E-state index < -0.39 is 22.1 Å². The fourth-order valence-electron chi connectivity index (χ4n) is 4.03. The predicted octanol–water partition coefficient (Wildman–Crippen LogP) is 0.502. The van der Waals surface area contributed by atoms with Gasteiger partial charge in [-0.25, -0.2) is 8.42 Å². The molecule has 2 fully saturated rings. The molecule has 2 aliphatic heterocycles. The number of carbonyl (C=O) groups excluding carboxylic acids is 2. The van der Waals surface area contributed by atoms with Crippen molar-refractivity contribution in [2.75, 3.05) is 38.3 Å². The SMILES string of the molecule is C=CC(=O)NC1CC(CO)N(S(=O)(=O)c2ccc(N(C)C(=O)C3CCOCC3)cc2)C1. The van der Waals surface area contributed by atoms with Crippen LogP contribution in [-0.2, 0) is 24.3 Å². The summed E-state index contributed by atoms with van der Waals surface area (Å²) in [6.45, 7) is 4.25. The summed E-state index contributed by atoms with van der Waals surface area (Å²) in [5.41, 5.74) is 0.603. The Balaban J connectivity index is 1.73. The van der Waals surface area contributed by atoms with Gasteiger partial charge in [-0.05, 0) is 49.6 Å².